The molecule has 8 rings (SSSR count). The summed E-state index contributed by atoms with van der Waals surface area (Å²) in [5.41, 5.74) is -0.907. The average Bonchev–Trinajstić information content (AvgIpc) is 4.23. The summed E-state index contributed by atoms with van der Waals surface area (Å²) in [6.07, 6.45) is -16.6. The van der Waals surface area contributed by atoms with Crippen molar-refractivity contribution in [2.24, 2.45) is 0 Å². The Kier molecular flexibility index (Phi) is 17.7. The second-order valence-electron chi connectivity index (χ2n) is 23.2. The van der Waals surface area contributed by atoms with Crippen LogP contribution in [0.5, 0.6) is 0 Å². The molecule has 4 amide bonds. The number of rotatable bonds is 20. The number of fused-ring (bicyclic) bond motifs is 4. The second kappa shape index (κ2) is 22.8. The summed E-state index contributed by atoms with van der Waals surface area (Å²) in [7, 11) is 7.00. The fourth-order valence-electron chi connectivity index (χ4n) is 11.5. The van der Waals surface area contributed by atoms with Crippen LogP contribution in [0.1, 0.15) is 102 Å². The highest BCUT2D eigenvalue weighted by molar-refractivity contribution is 5.83. The molecule has 20 atom stereocenters. The van der Waals surface area contributed by atoms with Crippen molar-refractivity contribution >= 4 is 29.8 Å². The van der Waals surface area contributed by atoms with E-state index in [1.807, 2.05) is 0 Å². The lowest BCUT2D eigenvalue weighted by Gasteiger charge is -2.34. The smallest absolute Gasteiger partial charge is 0.407 e. The maximum Gasteiger partial charge on any atom is 0.407 e. The molecule has 0 bridgehead atoms. The van der Waals surface area contributed by atoms with E-state index in [-0.39, 0.29) is 6.42 Å². The van der Waals surface area contributed by atoms with Gasteiger partial charge in [0.2, 0.25) is 17.7 Å². The zero-order chi connectivity index (χ0) is 56.3. The first-order valence-corrected chi connectivity index (χ1v) is 26.1. The maximum atomic E-state index is 14.9. The molecule has 27 nitrogen and oxygen atoms in total. The molecule has 77 heavy (non-hydrogen) atoms. The van der Waals surface area contributed by atoms with Crippen molar-refractivity contribution in [3.63, 3.8) is 0 Å². The van der Waals surface area contributed by atoms with Gasteiger partial charge in [0.1, 0.15) is 78.8 Å². The zero-order valence-corrected chi connectivity index (χ0v) is 46.8. The summed E-state index contributed by atoms with van der Waals surface area (Å²) in [4.78, 5) is 70.4. The molecule has 8 fully saturated rings. The lowest BCUT2D eigenvalue weighted by molar-refractivity contribution is -0.221. The van der Waals surface area contributed by atoms with Crippen LogP contribution in [0.3, 0.4) is 0 Å². The zero-order valence-electron chi connectivity index (χ0n) is 46.8. The molecule has 8 heterocycles. The molecular formula is C50H80N4O23. The highest BCUT2D eigenvalue weighted by atomic mass is 16.9. The van der Waals surface area contributed by atoms with Crippen LogP contribution in [0.2, 0.25) is 0 Å². The third-order valence-corrected chi connectivity index (χ3v) is 14.4. The molecule has 0 radical (unpaired) electrons. The normalized spacial score (nSPS) is 38.4. The minimum absolute atomic E-state index is 0.335. The Morgan fingerprint density at radius 1 is 0.416 bits per heavy atom. The van der Waals surface area contributed by atoms with Gasteiger partial charge in [0.25, 0.3) is 0 Å². The molecular weight excluding hydrogens is 1020 g/mol. The minimum Gasteiger partial charge on any atom is -0.469 e. The second-order valence-corrected chi connectivity index (χ2v) is 23.2. The van der Waals surface area contributed by atoms with E-state index in [1.165, 1.54) is 35.5 Å². The molecule has 438 valence electrons. The minimum atomic E-state index is -1.20. The monoisotopic (exact) mass is 1100 g/mol. The molecule has 0 aliphatic carbocycles. The molecule has 0 aromatic heterocycles. The summed E-state index contributed by atoms with van der Waals surface area (Å²) in [5, 5.41) is 11.6. The molecule has 8 aliphatic heterocycles. The summed E-state index contributed by atoms with van der Waals surface area (Å²) in [5.74, 6) is -6.75. The van der Waals surface area contributed by atoms with E-state index >= 15 is 0 Å². The highest BCUT2D eigenvalue weighted by Gasteiger charge is 2.62. The Morgan fingerprint density at radius 2 is 0.675 bits per heavy atom. The number of alkyl carbamates (subject to hydrolysis) is 1. The van der Waals surface area contributed by atoms with Crippen LogP contribution in [0, 0.1) is 0 Å². The van der Waals surface area contributed by atoms with Crippen molar-refractivity contribution in [3.8, 4) is 0 Å². The summed E-state index contributed by atoms with van der Waals surface area (Å²) < 4.78 is 108. The van der Waals surface area contributed by atoms with E-state index in [2.05, 4.69) is 21.3 Å². The fourth-order valence-corrected chi connectivity index (χ4v) is 11.5. The average molecular weight is 1110 g/mol. The summed E-state index contributed by atoms with van der Waals surface area (Å²) in [6.45, 7) is 18.9. The molecule has 8 saturated heterocycles. The quantitative estimate of drug-likeness (QED) is 0.122. The first-order valence-electron chi connectivity index (χ1n) is 26.1. The van der Waals surface area contributed by atoms with Crippen molar-refractivity contribution in [2.45, 2.75) is 253 Å². The maximum absolute atomic E-state index is 14.9. The third-order valence-electron chi connectivity index (χ3n) is 14.4. The van der Waals surface area contributed by atoms with Crippen molar-refractivity contribution in [1.82, 2.24) is 21.3 Å². The Bertz CT molecular complexity index is 2140. The van der Waals surface area contributed by atoms with Crippen LogP contribution < -0.4 is 21.3 Å². The number of hydrogen-bond donors (Lipinski definition) is 4. The number of amides is 4. The van der Waals surface area contributed by atoms with Gasteiger partial charge in [-0.1, -0.05) is 0 Å². The molecule has 4 N–H and O–H groups in total. The van der Waals surface area contributed by atoms with Crippen molar-refractivity contribution in [2.75, 3.05) is 35.5 Å². The Balaban J connectivity index is 1.05. The molecule has 4 unspecified atom stereocenters. The van der Waals surface area contributed by atoms with E-state index in [1.54, 1.807) is 76.2 Å². The Hall–Kier alpha value is -3.49. The van der Waals surface area contributed by atoms with Crippen molar-refractivity contribution < 1.29 is 109 Å². The lowest BCUT2D eigenvalue weighted by atomic mass is 9.96. The predicted octanol–water partition coefficient (Wildman–Crippen LogP) is 0.633. The molecule has 8 aliphatic rings. The number of esters is 1. The third kappa shape index (κ3) is 13.5. The summed E-state index contributed by atoms with van der Waals surface area (Å²) in [6, 6.07) is -4.53. The van der Waals surface area contributed by atoms with E-state index < -0.39 is 200 Å². The number of nitrogens with one attached hydrogen (secondary N) is 4. The van der Waals surface area contributed by atoms with Gasteiger partial charge in [0.15, 0.2) is 48.3 Å². The Labute approximate surface area is 448 Å². The predicted molar refractivity (Wildman–Crippen MR) is 257 cm³/mol. The van der Waals surface area contributed by atoms with E-state index in [0.717, 1.165) is 0 Å². The number of carbonyl (C=O) groups is 5. The van der Waals surface area contributed by atoms with Gasteiger partial charge in [-0.15, -0.1) is 0 Å². The van der Waals surface area contributed by atoms with Gasteiger partial charge in [-0.05, 0) is 76.2 Å². The van der Waals surface area contributed by atoms with Gasteiger partial charge in [-0.3, -0.25) is 19.2 Å². The molecule has 0 spiro atoms. The van der Waals surface area contributed by atoms with Crippen LogP contribution >= 0.6 is 0 Å². The van der Waals surface area contributed by atoms with Crippen molar-refractivity contribution in [3.05, 3.63) is 0 Å². The number of methoxy groups -OCH3 is 5. The Morgan fingerprint density at radius 3 is 0.922 bits per heavy atom. The lowest BCUT2D eigenvalue weighted by Crippen LogP contribution is -2.57. The first kappa shape index (κ1) is 59.6. The number of ether oxygens (including phenoxy) is 18. The molecule has 0 aromatic rings. The van der Waals surface area contributed by atoms with Gasteiger partial charge >= 0.3 is 12.1 Å². The SMILES string of the molecule is COC(=O)CC(NC(=O)CC(NC(=O)CC(NC(=O)CC(NC(=O)OC(C)(C)C)[C@H]1O[C@@H]2OC(C)(C)O[C@@H]2[C@H]1OC)[C@@H]1O[C@@H]2OC(C)(C)O[C@@H]2[C@H]1OC)[C@@H]1O[C@@H]2OC(C)(C)O[C@@H]2[C@H]1OC)[C@H]1O[C@@H]2OC(C)(C)O[C@@H]2[C@H]1OC. The van der Waals surface area contributed by atoms with E-state index in [9.17, 15) is 24.0 Å². The van der Waals surface area contributed by atoms with Gasteiger partial charge in [-0.2, -0.15) is 0 Å². The van der Waals surface area contributed by atoms with Crippen LogP contribution in [-0.2, 0) is 104 Å². The number of carbonyl (C=O) groups excluding carboxylic acids is 5. The van der Waals surface area contributed by atoms with Gasteiger partial charge in [-0.25, -0.2) is 4.79 Å². The fraction of sp³-hybridized carbons (Fsp3) is 0.900. The van der Waals surface area contributed by atoms with Crippen LogP contribution in [-0.4, -0.2) is 217 Å². The van der Waals surface area contributed by atoms with Crippen LogP contribution in [0.15, 0.2) is 0 Å². The van der Waals surface area contributed by atoms with Gasteiger partial charge in [0, 0.05) is 47.7 Å². The van der Waals surface area contributed by atoms with E-state index in [0.29, 0.717) is 0 Å². The standard InChI is InChI=1S/C50H80N4O23/c1-46(2,3)77-45(59)54-23(31-35(63-15)39-43(67-31)75-49(8,9)71-39)19-27(57)52-21(29-33(61-13)37-41(65-29)73-47(4,5)69-37)17-25(55)51-22(30-34(62-14)38-42(66-30)74-48(6,7)70-38)18-26(56)53-24(20-28(58)60-12)32-36(64-16)40-44(68-32)76-50(10,11)72-40/h21-24,29-44H,17-20H2,1-16H3,(H,51,55)(H,52,57)(H,53,56)(H,54,59)/t21?,22?,23?,24?,29-,30-,31+,32+,33-,34-,35-,36-,37+,38+,39+,40+,41+,42+,43+,44+/m0/s1. The van der Waals surface area contributed by atoms with Crippen LogP contribution in [0.4, 0.5) is 4.79 Å². The number of hydrogen-bond acceptors (Lipinski definition) is 23. The summed E-state index contributed by atoms with van der Waals surface area (Å²) >= 11 is 0. The topological polar surface area (TPSA) is 300 Å². The molecule has 0 aromatic carbocycles. The van der Waals surface area contributed by atoms with E-state index in [4.69, 9.17) is 85.3 Å². The molecule has 27 heteroatoms. The largest absolute Gasteiger partial charge is 0.469 e. The first-order chi connectivity index (χ1) is 36.0. The van der Waals surface area contributed by atoms with Gasteiger partial charge in [0.05, 0.1) is 37.7 Å². The molecule has 0 saturated carbocycles. The van der Waals surface area contributed by atoms with Crippen molar-refractivity contribution in [1.29, 1.82) is 0 Å². The van der Waals surface area contributed by atoms with Crippen LogP contribution in [0.25, 0.3) is 0 Å². The van der Waals surface area contributed by atoms with Gasteiger partial charge < -0.3 is 107 Å². The highest BCUT2D eigenvalue weighted by Crippen LogP contribution is 2.44.